The summed E-state index contributed by atoms with van der Waals surface area (Å²) in [5.41, 5.74) is 0.876. The van der Waals surface area contributed by atoms with Gasteiger partial charge >= 0.3 is 0 Å². The van der Waals surface area contributed by atoms with Crippen molar-refractivity contribution in [2.75, 3.05) is 12.8 Å². The van der Waals surface area contributed by atoms with Gasteiger partial charge in [-0.2, -0.15) is 15.4 Å². The number of nitrogens with one attached hydrogen (secondary N) is 2. The van der Waals surface area contributed by atoms with Crippen LogP contribution in [0.3, 0.4) is 0 Å². The summed E-state index contributed by atoms with van der Waals surface area (Å²) >= 11 is 0. The van der Waals surface area contributed by atoms with E-state index >= 15 is 0 Å². The van der Waals surface area contributed by atoms with E-state index in [1.54, 1.807) is 6.20 Å². The summed E-state index contributed by atoms with van der Waals surface area (Å²) in [4.78, 5) is 0. The van der Waals surface area contributed by atoms with Crippen molar-refractivity contribution in [2.45, 2.75) is 43.9 Å². The summed E-state index contributed by atoms with van der Waals surface area (Å²) in [6, 6.07) is 0.0910. The first-order chi connectivity index (χ1) is 9.02. The van der Waals surface area contributed by atoms with E-state index in [-0.39, 0.29) is 11.3 Å². The molecule has 1 heterocycles. The standard InChI is InChI=1S/C12H22N4O2S/c1-3-13-12(11-8-14-16-15-11)9-5-4-6-10(7-9)19(2,17)18/h8-10,12-13H,3-7H2,1-2H3,(H,14,15,16). The highest BCUT2D eigenvalue weighted by atomic mass is 32.2. The summed E-state index contributed by atoms with van der Waals surface area (Å²) in [6.45, 7) is 2.88. The number of nitrogens with zero attached hydrogens (tertiary/aromatic N) is 2. The largest absolute Gasteiger partial charge is 0.309 e. The maximum Gasteiger partial charge on any atom is 0.150 e. The van der Waals surface area contributed by atoms with Gasteiger partial charge in [0.15, 0.2) is 0 Å². The van der Waals surface area contributed by atoms with E-state index in [4.69, 9.17) is 0 Å². The predicted octanol–water partition coefficient (Wildman–Crippen LogP) is 1.06. The molecule has 0 radical (unpaired) electrons. The molecule has 108 valence electrons. The van der Waals surface area contributed by atoms with Crippen molar-refractivity contribution in [3.05, 3.63) is 11.9 Å². The Morgan fingerprint density at radius 1 is 1.53 bits per heavy atom. The third kappa shape index (κ3) is 3.54. The predicted molar refractivity (Wildman–Crippen MR) is 73.4 cm³/mol. The zero-order valence-corrected chi connectivity index (χ0v) is 12.3. The van der Waals surface area contributed by atoms with Gasteiger partial charge in [0, 0.05) is 6.26 Å². The second-order valence-electron chi connectivity index (χ2n) is 5.31. The van der Waals surface area contributed by atoms with E-state index in [9.17, 15) is 8.42 Å². The fourth-order valence-electron chi connectivity index (χ4n) is 2.97. The zero-order chi connectivity index (χ0) is 13.9. The molecule has 0 aliphatic heterocycles. The van der Waals surface area contributed by atoms with Crippen molar-refractivity contribution in [3.8, 4) is 0 Å². The smallest absolute Gasteiger partial charge is 0.150 e. The highest BCUT2D eigenvalue weighted by Crippen LogP contribution is 2.36. The first-order valence-corrected chi connectivity index (χ1v) is 8.75. The third-order valence-corrected chi connectivity index (χ3v) is 5.56. The number of hydrogen-bond acceptors (Lipinski definition) is 5. The monoisotopic (exact) mass is 286 g/mol. The second-order valence-corrected chi connectivity index (χ2v) is 7.63. The Hall–Kier alpha value is -0.950. The molecular formula is C12H22N4O2S. The molecule has 1 aromatic heterocycles. The number of hydrogen-bond donors (Lipinski definition) is 2. The highest BCUT2D eigenvalue weighted by Gasteiger charge is 2.34. The van der Waals surface area contributed by atoms with E-state index in [0.717, 1.165) is 31.5 Å². The van der Waals surface area contributed by atoms with Gasteiger partial charge in [-0.15, -0.1) is 0 Å². The van der Waals surface area contributed by atoms with Crippen LogP contribution in [0.4, 0.5) is 0 Å². The third-order valence-electron chi connectivity index (χ3n) is 3.92. The van der Waals surface area contributed by atoms with Gasteiger partial charge in [-0.3, -0.25) is 0 Å². The lowest BCUT2D eigenvalue weighted by molar-refractivity contribution is 0.271. The average molecular weight is 286 g/mol. The molecule has 2 rings (SSSR count). The molecule has 0 amide bonds. The minimum Gasteiger partial charge on any atom is -0.309 e. The molecule has 3 atom stereocenters. The van der Waals surface area contributed by atoms with Crippen LogP contribution in [-0.4, -0.2) is 41.9 Å². The molecule has 6 nitrogen and oxygen atoms in total. The van der Waals surface area contributed by atoms with E-state index in [2.05, 4.69) is 20.7 Å². The number of rotatable bonds is 5. The van der Waals surface area contributed by atoms with Gasteiger partial charge in [-0.05, 0) is 31.7 Å². The lowest BCUT2D eigenvalue weighted by Crippen LogP contribution is -2.35. The lowest BCUT2D eigenvalue weighted by atomic mass is 9.82. The first kappa shape index (κ1) is 14.5. The van der Waals surface area contributed by atoms with E-state index in [0.29, 0.717) is 12.3 Å². The van der Waals surface area contributed by atoms with Gasteiger partial charge < -0.3 is 5.32 Å². The molecule has 19 heavy (non-hydrogen) atoms. The minimum atomic E-state index is -2.95. The fourth-order valence-corrected chi connectivity index (χ4v) is 4.16. The van der Waals surface area contributed by atoms with Crippen LogP contribution < -0.4 is 5.32 Å². The Morgan fingerprint density at radius 3 is 2.89 bits per heavy atom. The summed E-state index contributed by atoms with van der Waals surface area (Å²) in [7, 11) is -2.95. The van der Waals surface area contributed by atoms with Gasteiger partial charge in [-0.1, -0.05) is 13.3 Å². The van der Waals surface area contributed by atoms with Crippen LogP contribution in [0.5, 0.6) is 0 Å². The van der Waals surface area contributed by atoms with Crippen molar-refractivity contribution in [3.63, 3.8) is 0 Å². The van der Waals surface area contributed by atoms with Crippen molar-refractivity contribution in [2.24, 2.45) is 5.92 Å². The van der Waals surface area contributed by atoms with E-state index in [1.807, 2.05) is 6.92 Å². The number of sulfone groups is 1. The highest BCUT2D eigenvalue weighted by molar-refractivity contribution is 7.91. The van der Waals surface area contributed by atoms with Crippen molar-refractivity contribution >= 4 is 9.84 Å². The summed E-state index contributed by atoms with van der Waals surface area (Å²) < 4.78 is 23.5. The van der Waals surface area contributed by atoms with E-state index in [1.165, 1.54) is 6.26 Å². The van der Waals surface area contributed by atoms with Gasteiger partial charge in [0.2, 0.25) is 0 Å². The Labute approximate surface area is 114 Å². The van der Waals surface area contributed by atoms with Crippen LogP contribution in [-0.2, 0) is 9.84 Å². The Morgan fingerprint density at radius 2 is 2.32 bits per heavy atom. The Balaban J connectivity index is 2.13. The molecule has 2 N–H and O–H groups in total. The molecule has 1 saturated carbocycles. The summed E-state index contributed by atoms with van der Waals surface area (Å²) in [6.07, 6.45) is 6.56. The molecule has 0 spiro atoms. The second kappa shape index (κ2) is 6.00. The molecule has 1 aromatic rings. The number of aromatic amines is 1. The van der Waals surface area contributed by atoms with Gasteiger partial charge in [0.25, 0.3) is 0 Å². The topological polar surface area (TPSA) is 87.7 Å². The van der Waals surface area contributed by atoms with Crippen LogP contribution in [0.15, 0.2) is 6.20 Å². The van der Waals surface area contributed by atoms with Crippen molar-refractivity contribution in [1.29, 1.82) is 0 Å². The molecule has 3 unspecified atom stereocenters. The molecule has 7 heteroatoms. The van der Waals surface area contributed by atoms with Crippen LogP contribution in [0, 0.1) is 5.92 Å². The summed E-state index contributed by atoms with van der Waals surface area (Å²) in [5.74, 6) is 0.304. The fraction of sp³-hybridized carbons (Fsp3) is 0.833. The van der Waals surface area contributed by atoms with Gasteiger partial charge in [0.1, 0.15) is 9.84 Å². The van der Waals surface area contributed by atoms with Crippen LogP contribution in [0.25, 0.3) is 0 Å². The molecule has 1 aliphatic rings. The minimum absolute atomic E-state index is 0.0910. The van der Waals surface area contributed by atoms with Crippen LogP contribution in [0.1, 0.15) is 44.3 Å². The first-order valence-electron chi connectivity index (χ1n) is 6.80. The molecule has 1 aliphatic carbocycles. The van der Waals surface area contributed by atoms with Crippen LogP contribution in [0.2, 0.25) is 0 Å². The lowest BCUT2D eigenvalue weighted by Gasteiger charge is -2.33. The molecule has 0 bridgehead atoms. The molecular weight excluding hydrogens is 264 g/mol. The molecule has 0 aromatic carbocycles. The maximum atomic E-state index is 11.7. The quantitative estimate of drug-likeness (QED) is 0.845. The van der Waals surface area contributed by atoms with Gasteiger partial charge in [-0.25, -0.2) is 8.42 Å². The van der Waals surface area contributed by atoms with Gasteiger partial charge in [0.05, 0.1) is 23.2 Å². The normalized spacial score (nSPS) is 26.2. The zero-order valence-electron chi connectivity index (χ0n) is 11.5. The molecule has 0 saturated heterocycles. The van der Waals surface area contributed by atoms with E-state index < -0.39 is 9.84 Å². The van der Waals surface area contributed by atoms with Crippen molar-refractivity contribution in [1.82, 2.24) is 20.7 Å². The number of H-pyrrole nitrogens is 1. The maximum absolute atomic E-state index is 11.7. The molecule has 1 fully saturated rings. The average Bonchev–Trinajstić information content (AvgIpc) is 2.88. The number of aromatic nitrogens is 3. The Bertz CT molecular complexity index is 486. The van der Waals surface area contributed by atoms with Crippen LogP contribution >= 0.6 is 0 Å². The summed E-state index contributed by atoms with van der Waals surface area (Å²) in [5, 5.41) is 13.8. The van der Waals surface area contributed by atoms with Crippen molar-refractivity contribution < 1.29 is 8.42 Å². The Kier molecular flexibility index (Phi) is 4.57. The SMILES string of the molecule is CCNC(c1cn[nH]n1)C1CCCC(S(C)(=O)=O)C1.